The van der Waals surface area contributed by atoms with Gasteiger partial charge in [-0.25, -0.2) is 4.79 Å². The van der Waals surface area contributed by atoms with Crippen molar-refractivity contribution in [3.8, 4) is 5.75 Å². The first-order chi connectivity index (χ1) is 12.6. The Morgan fingerprint density at radius 3 is 1.78 bits per heavy atom. The van der Waals surface area contributed by atoms with Crippen LogP contribution < -0.4 is 0 Å². The maximum Gasteiger partial charge on any atom is 0.333 e. The number of phenolic OH excluding ortho intramolecular Hbond substituents is 1. The summed E-state index contributed by atoms with van der Waals surface area (Å²) >= 11 is 0. The van der Waals surface area contributed by atoms with Gasteiger partial charge in [0.1, 0.15) is 11.4 Å². The van der Waals surface area contributed by atoms with Crippen molar-refractivity contribution in [3.63, 3.8) is 0 Å². The highest BCUT2D eigenvalue weighted by Gasteiger charge is 2.15. The minimum atomic E-state index is -0.407. The lowest BCUT2D eigenvalue weighted by Gasteiger charge is -2.19. The number of aromatic hydroxyl groups is 1. The molecule has 0 aliphatic carbocycles. The number of rotatable bonds is 3. The zero-order valence-electron chi connectivity index (χ0n) is 16.7. The Morgan fingerprint density at radius 1 is 0.963 bits per heavy atom. The molecule has 0 spiro atoms. The van der Waals surface area contributed by atoms with E-state index in [0.29, 0.717) is 5.57 Å². The number of esters is 1. The summed E-state index contributed by atoms with van der Waals surface area (Å²) in [5, 5.41) is 9.04. The molecule has 2 aromatic rings. The molecule has 3 nitrogen and oxygen atoms in total. The van der Waals surface area contributed by atoms with Crippen molar-refractivity contribution in [2.75, 3.05) is 0 Å². The molecule has 0 heterocycles. The summed E-state index contributed by atoms with van der Waals surface area (Å²) in [6.45, 7) is 17.7. The van der Waals surface area contributed by atoms with Crippen molar-refractivity contribution < 1.29 is 14.6 Å². The lowest BCUT2D eigenvalue weighted by Crippen LogP contribution is -2.23. The predicted octanol–water partition coefficient (Wildman–Crippen LogP) is 6.27. The van der Waals surface area contributed by atoms with Gasteiger partial charge in [0.15, 0.2) is 0 Å². The van der Waals surface area contributed by atoms with E-state index < -0.39 is 5.60 Å². The molecule has 3 heteroatoms. The quantitative estimate of drug-likeness (QED) is 0.514. The largest absolute Gasteiger partial charge is 0.507 e. The number of hydrogen-bond donors (Lipinski definition) is 1. The Kier molecular flexibility index (Phi) is 10.9. The zero-order chi connectivity index (χ0) is 20.9. The van der Waals surface area contributed by atoms with Gasteiger partial charge in [0, 0.05) is 11.1 Å². The molecule has 0 aliphatic rings. The molecule has 0 radical (unpaired) electrons. The molecule has 144 valence electrons. The highest BCUT2D eigenvalue weighted by atomic mass is 16.6. The number of para-hydroxylation sites is 1. The van der Waals surface area contributed by atoms with Crippen molar-refractivity contribution in [2.24, 2.45) is 0 Å². The molecule has 0 aromatic heterocycles. The smallest absolute Gasteiger partial charge is 0.333 e. The monoisotopic (exact) mass is 366 g/mol. The van der Waals surface area contributed by atoms with E-state index in [1.807, 2.05) is 69.3 Å². The molecule has 0 atom stereocenters. The topological polar surface area (TPSA) is 46.5 Å². The van der Waals surface area contributed by atoms with Crippen LogP contribution in [0, 0.1) is 0 Å². The molecule has 0 saturated carbocycles. The fourth-order valence-corrected chi connectivity index (χ4v) is 1.61. The predicted molar refractivity (Wildman–Crippen MR) is 115 cm³/mol. The van der Waals surface area contributed by atoms with Crippen LogP contribution in [0.25, 0.3) is 12.2 Å². The fourth-order valence-electron chi connectivity index (χ4n) is 1.61. The van der Waals surface area contributed by atoms with Crippen LogP contribution in [0.3, 0.4) is 0 Å². The summed E-state index contributed by atoms with van der Waals surface area (Å²) in [5.41, 5.74) is 1.98. The molecule has 1 N–H and O–H groups in total. The van der Waals surface area contributed by atoms with Gasteiger partial charge in [-0.1, -0.05) is 80.4 Å². The average molecular weight is 367 g/mol. The second-order valence-corrected chi connectivity index (χ2v) is 6.66. The number of carbonyl (C=O) groups excluding carboxylic acids is 1. The highest BCUT2D eigenvalue weighted by Crippen LogP contribution is 2.15. The minimum Gasteiger partial charge on any atom is -0.507 e. The van der Waals surface area contributed by atoms with E-state index in [4.69, 9.17) is 9.84 Å². The zero-order valence-corrected chi connectivity index (χ0v) is 16.7. The Labute approximate surface area is 163 Å². The molecule has 0 bridgehead atoms. The SMILES string of the molecule is C=C(C)C(=O)OC(C)(C)C.C=Cc1ccccc1.C=Cc1ccccc1O. The van der Waals surface area contributed by atoms with Gasteiger partial charge in [-0.15, -0.1) is 0 Å². The number of phenols is 1. The van der Waals surface area contributed by atoms with E-state index in [9.17, 15) is 4.79 Å². The number of carbonyl (C=O) groups is 1. The molecular weight excluding hydrogens is 336 g/mol. The molecule has 0 saturated heterocycles. The first kappa shape index (κ1) is 23.9. The molecule has 2 aromatic carbocycles. The lowest BCUT2D eigenvalue weighted by molar-refractivity contribution is -0.149. The third-order valence-electron chi connectivity index (χ3n) is 2.94. The molecular formula is C24H30O3. The van der Waals surface area contributed by atoms with Gasteiger partial charge in [-0.3, -0.25) is 0 Å². The van der Waals surface area contributed by atoms with Crippen LogP contribution in [0.5, 0.6) is 5.75 Å². The number of benzene rings is 2. The van der Waals surface area contributed by atoms with E-state index in [-0.39, 0.29) is 11.7 Å². The normalized spacial score (nSPS) is 9.48. The molecule has 0 unspecified atom stereocenters. The van der Waals surface area contributed by atoms with E-state index in [0.717, 1.165) is 5.56 Å². The third kappa shape index (κ3) is 12.0. The van der Waals surface area contributed by atoms with Crippen LogP contribution >= 0.6 is 0 Å². The maximum atomic E-state index is 10.8. The van der Waals surface area contributed by atoms with Crippen LogP contribution in [0.15, 0.2) is 79.9 Å². The Bertz CT molecular complexity index is 738. The molecule has 0 aliphatic heterocycles. The Morgan fingerprint density at radius 2 is 1.48 bits per heavy atom. The minimum absolute atomic E-state index is 0.285. The second kappa shape index (κ2) is 12.3. The van der Waals surface area contributed by atoms with Crippen molar-refractivity contribution in [1.29, 1.82) is 0 Å². The Hall–Kier alpha value is -3.07. The standard InChI is InChI=1S/C8H14O2.C8H8O.C8H8/c1-6(2)7(9)10-8(3,4)5;1-2-7-5-3-4-6-8(7)9;1-2-8-6-4-3-5-7-8/h1H2,2-5H3;2-6,9H,1H2;2-7H,1H2. The summed E-state index contributed by atoms with van der Waals surface area (Å²) < 4.78 is 4.96. The van der Waals surface area contributed by atoms with Crippen LogP contribution in [-0.4, -0.2) is 16.7 Å². The first-order valence-corrected chi connectivity index (χ1v) is 8.57. The van der Waals surface area contributed by atoms with Crippen LogP contribution in [-0.2, 0) is 9.53 Å². The van der Waals surface area contributed by atoms with Gasteiger partial charge < -0.3 is 9.84 Å². The Balaban J connectivity index is 0.000000377. The highest BCUT2D eigenvalue weighted by molar-refractivity contribution is 5.87. The van der Waals surface area contributed by atoms with Gasteiger partial charge in [0.05, 0.1) is 0 Å². The lowest BCUT2D eigenvalue weighted by atomic mass is 10.2. The van der Waals surface area contributed by atoms with Gasteiger partial charge >= 0.3 is 5.97 Å². The van der Waals surface area contributed by atoms with Gasteiger partial charge in [0.25, 0.3) is 0 Å². The van der Waals surface area contributed by atoms with Gasteiger partial charge in [-0.2, -0.15) is 0 Å². The van der Waals surface area contributed by atoms with E-state index >= 15 is 0 Å². The van der Waals surface area contributed by atoms with Gasteiger partial charge in [0.2, 0.25) is 0 Å². The maximum absolute atomic E-state index is 10.8. The van der Waals surface area contributed by atoms with Crippen LogP contribution in [0.1, 0.15) is 38.8 Å². The average Bonchev–Trinajstić information content (AvgIpc) is 2.62. The van der Waals surface area contributed by atoms with Crippen molar-refractivity contribution in [1.82, 2.24) is 0 Å². The van der Waals surface area contributed by atoms with Crippen molar-refractivity contribution >= 4 is 18.1 Å². The second-order valence-electron chi connectivity index (χ2n) is 6.66. The van der Waals surface area contributed by atoms with E-state index in [2.05, 4.69) is 19.7 Å². The number of hydrogen-bond acceptors (Lipinski definition) is 3. The van der Waals surface area contributed by atoms with E-state index in [1.54, 1.807) is 25.1 Å². The fraction of sp³-hybridized carbons (Fsp3) is 0.208. The summed E-state index contributed by atoms with van der Waals surface area (Å²) in [7, 11) is 0. The van der Waals surface area contributed by atoms with E-state index in [1.165, 1.54) is 5.56 Å². The third-order valence-corrected chi connectivity index (χ3v) is 2.94. The van der Waals surface area contributed by atoms with Crippen molar-refractivity contribution in [2.45, 2.75) is 33.3 Å². The summed E-state index contributed by atoms with van der Waals surface area (Å²) in [5.74, 6) is -0.0417. The van der Waals surface area contributed by atoms with Crippen molar-refractivity contribution in [3.05, 3.63) is 91.0 Å². The summed E-state index contributed by atoms with van der Waals surface area (Å²) in [6, 6.07) is 17.1. The molecule has 27 heavy (non-hydrogen) atoms. The first-order valence-electron chi connectivity index (χ1n) is 8.57. The van der Waals surface area contributed by atoms with Gasteiger partial charge in [-0.05, 0) is 39.3 Å². The summed E-state index contributed by atoms with van der Waals surface area (Å²) in [6.07, 6.45) is 3.45. The molecule has 2 rings (SSSR count). The molecule has 0 amide bonds. The molecule has 0 fully saturated rings. The van der Waals surface area contributed by atoms with Crippen LogP contribution in [0.4, 0.5) is 0 Å². The van der Waals surface area contributed by atoms with Crippen LogP contribution in [0.2, 0.25) is 0 Å². The summed E-state index contributed by atoms with van der Waals surface area (Å²) in [4.78, 5) is 10.8. The number of ether oxygens (including phenoxy) is 1.